The van der Waals surface area contributed by atoms with Crippen LogP contribution in [0.15, 0.2) is 42.4 Å². The zero-order valence-electron chi connectivity index (χ0n) is 44.0. The number of piperazine rings is 1. The molecule has 3 fully saturated rings. The fourth-order valence-corrected chi connectivity index (χ4v) is 12.1. The largest absolute Gasteiger partial charge is 0.489 e. The number of alkyl halides is 1. The van der Waals surface area contributed by atoms with E-state index < -0.39 is 58.8 Å². The van der Waals surface area contributed by atoms with Gasteiger partial charge in [0.05, 0.1) is 58.7 Å². The van der Waals surface area contributed by atoms with Crippen molar-refractivity contribution in [2.24, 2.45) is 11.3 Å². The third-order valence-electron chi connectivity index (χ3n) is 15.5. The number of benzene rings is 1. The van der Waals surface area contributed by atoms with Gasteiger partial charge in [0.15, 0.2) is 5.67 Å². The normalized spacial score (nSPS) is 22.1. The fraction of sp³-hybridized carbons (Fsp3) is 0.574. The van der Waals surface area contributed by atoms with Gasteiger partial charge in [0, 0.05) is 107 Å². The second-order valence-corrected chi connectivity index (χ2v) is 22.7. The number of methoxy groups -OCH3 is 1. The lowest BCUT2D eigenvalue weighted by atomic mass is 9.84. The summed E-state index contributed by atoms with van der Waals surface area (Å²) in [6.07, 6.45) is 3.74. The van der Waals surface area contributed by atoms with Crippen LogP contribution in [0.4, 0.5) is 10.1 Å². The van der Waals surface area contributed by atoms with Crippen molar-refractivity contribution in [3.63, 3.8) is 0 Å². The van der Waals surface area contributed by atoms with E-state index in [-0.39, 0.29) is 57.5 Å². The lowest BCUT2D eigenvalue weighted by Gasteiger charge is -2.40. The number of cyclic esters (lactones) is 1. The highest BCUT2D eigenvalue weighted by atomic mass is 32.1. The number of piperidine rings is 1. The van der Waals surface area contributed by atoms with Crippen molar-refractivity contribution in [1.82, 2.24) is 45.0 Å². The standard InChI is InChI=1S/C54H71FN10O8S/c1-10-44(66)63-16-13-54(55,14-17-63)52(70)61(8)46(32(2)3)49(67)58-40-27-43-57-41(30-74-43)34-24-36-38(28-53(5,6)31-73-51(69)39-12-11-15-65(59-39)50(40)68)47(64-22-23-72-42(25-34)48(36)64)37-26-35(29-56-45(37)33(4)71-9)62-20-18-60(7)19-21-62/h10,24-26,29-30,32-33,39-40,46,59H,1,11-23,27-28,31H2,2-9H3,(H,58,67)/t33-,39-,40-,46-/m0/s1. The maximum absolute atomic E-state index is 16.5. The minimum absolute atomic E-state index is 0.0199. The van der Waals surface area contributed by atoms with Gasteiger partial charge in [0.1, 0.15) is 30.5 Å². The zero-order valence-corrected chi connectivity index (χ0v) is 44.8. The summed E-state index contributed by atoms with van der Waals surface area (Å²) in [6, 6.07) is 3.20. The lowest BCUT2D eigenvalue weighted by molar-refractivity contribution is -0.156. The molecule has 1 aromatic carbocycles. The predicted octanol–water partition coefficient (Wildman–Crippen LogP) is 5.33. The molecule has 0 spiro atoms. The molecular weight excluding hydrogens is 968 g/mol. The number of anilines is 1. The van der Waals surface area contributed by atoms with Crippen LogP contribution in [0.2, 0.25) is 0 Å². The number of hydrazine groups is 1. The van der Waals surface area contributed by atoms with Gasteiger partial charge in [-0.1, -0.05) is 34.3 Å². The molecule has 0 radical (unpaired) electrons. The number of fused-ring (bicyclic) bond motifs is 6. The Morgan fingerprint density at radius 1 is 1.04 bits per heavy atom. The summed E-state index contributed by atoms with van der Waals surface area (Å²) >= 11 is 1.35. The number of aromatic nitrogens is 3. The van der Waals surface area contributed by atoms with Crippen LogP contribution in [-0.2, 0) is 52.8 Å². The summed E-state index contributed by atoms with van der Waals surface area (Å²) in [7, 11) is 5.24. The Hall–Kier alpha value is -5.96. The number of esters is 1. The van der Waals surface area contributed by atoms with Crippen molar-refractivity contribution in [3.05, 3.63) is 58.7 Å². The number of ether oxygens (including phenoxy) is 3. The Morgan fingerprint density at radius 2 is 1.78 bits per heavy atom. The minimum Gasteiger partial charge on any atom is -0.489 e. The molecule has 0 saturated carbocycles. The van der Waals surface area contributed by atoms with E-state index in [9.17, 15) is 24.0 Å². The highest BCUT2D eigenvalue weighted by Crippen LogP contribution is 2.47. The molecule has 4 amide bonds. The van der Waals surface area contributed by atoms with Crippen LogP contribution < -0.4 is 20.4 Å². The molecule has 398 valence electrons. The average Bonchev–Trinajstić information content (AvgIpc) is 3.99. The molecular formula is C54H71FN10O8S. The van der Waals surface area contributed by atoms with Crippen LogP contribution in [0, 0.1) is 11.3 Å². The Labute approximate surface area is 436 Å². The average molecular weight is 1040 g/mol. The van der Waals surface area contributed by atoms with Crippen LogP contribution in [0.1, 0.15) is 82.7 Å². The second kappa shape index (κ2) is 21.3. The number of hydrogen-bond acceptors (Lipinski definition) is 14. The third-order valence-corrected chi connectivity index (χ3v) is 16.3. The first kappa shape index (κ1) is 52.9. The molecule has 6 bridgehead atoms. The van der Waals surface area contributed by atoms with E-state index in [0.29, 0.717) is 48.9 Å². The van der Waals surface area contributed by atoms with Gasteiger partial charge in [-0.05, 0) is 69.0 Å². The Morgan fingerprint density at radius 3 is 2.49 bits per heavy atom. The summed E-state index contributed by atoms with van der Waals surface area (Å²) in [4.78, 5) is 87.2. The molecule has 0 aliphatic carbocycles. The van der Waals surface area contributed by atoms with Crippen molar-refractivity contribution in [2.45, 2.75) is 110 Å². The first-order chi connectivity index (χ1) is 35.3. The highest BCUT2D eigenvalue weighted by molar-refractivity contribution is 7.10. The van der Waals surface area contributed by atoms with Crippen molar-refractivity contribution in [1.29, 1.82) is 0 Å². The first-order valence-corrected chi connectivity index (χ1v) is 26.8. The van der Waals surface area contributed by atoms with Crippen molar-refractivity contribution < 1.29 is 42.6 Å². The SMILES string of the molecule is C=CC(=O)N1CCC(F)(C(=O)N(C)[C@H](C(=O)N[C@H]2Cc3nc(cs3)-c3cc4c5c(c3)c(c(-c3cc(N6CCN(C)CC6)cnc3[C@H](C)OC)n5CCO4)CC(C)(C)COC(=O)[C@@H]3CCCN(N3)C2=O)C(C)C)CC1. The molecule has 4 aromatic rings. The van der Waals surface area contributed by atoms with Gasteiger partial charge in [-0.2, -0.15) is 0 Å². The van der Waals surface area contributed by atoms with E-state index in [1.165, 1.54) is 28.3 Å². The Balaban J connectivity index is 1.10. The number of likely N-dealkylation sites (tertiary alicyclic amines) is 1. The molecule has 5 aliphatic heterocycles. The molecule has 9 rings (SSSR count). The number of thiazole rings is 1. The van der Waals surface area contributed by atoms with E-state index >= 15 is 4.39 Å². The van der Waals surface area contributed by atoms with Crippen LogP contribution >= 0.6 is 11.3 Å². The number of nitrogens with one attached hydrogen (secondary N) is 2. The molecule has 0 unspecified atom stereocenters. The molecule has 2 N–H and O–H groups in total. The van der Waals surface area contributed by atoms with Gasteiger partial charge in [-0.15, -0.1) is 11.3 Å². The van der Waals surface area contributed by atoms with E-state index in [1.54, 1.807) is 21.0 Å². The van der Waals surface area contributed by atoms with Crippen LogP contribution in [0.3, 0.4) is 0 Å². The van der Waals surface area contributed by atoms with Crippen LogP contribution in [0.5, 0.6) is 5.75 Å². The van der Waals surface area contributed by atoms with Crippen LogP contribution in [-0.4, -0.2) is 168 Å². The number of carbonyl (C=O) groups excluding carboxylic acids is 5. The van der Waals surface area contributed by atoms with Crippen molar-refractivity contribution >= 4 is 57.5 Å². The van der Waals surface area contributed by atoms with E-state index in [1.807, 2.05) is 24.6 Å². The molecule has 20 heteroatoms. The number of amides is 4. The Bertz CT molecular complexity index is 2810. The number of rotatable bonds is 10. The fourth-order valence-electron chi connectivity index (χ4n) is 11.2. The number of halogens is 1. The monoisotopic (exact) mass is 1040 g/mol. The smallest absolute Gasteiger partial charge is 0.324 e. The van der Waals surface area contributed by atoms with E-state index in [2.05, 4.69) is 64.7 Å². The zero-order chi connectivity index (χ0) is 52.8. The molecule has 18 nitrogen and oxygen atoms in total. The van der Waals surface area contributed by atoms with Gasteiger partial charge in [-0.25, -0.2) is 14.8 Å². The maximum atomic E-state index is 16.5. The molecule has 74 heavy (non-hydrogen) atoms. The lowest BCUT2D eigenvalue weighted by Crippen LogP contribution is -2.63. The van der Waals surface area contributed by atoms with Gasteiger partial charge in [-0.3, -0.25) is 34.0 Å². The third kappa shape index (κ3) is 10.5. The summed E-state index contributed by atoms with van der Waals surface area (Å²) in [5.41, 5.74) is 7.52. The topological polar surface area (TPSA) is 184 Å². The summed E-state index contributed by atoms with van der Waals surface area (Å²) in [5, 5.41) is 7.78. The maximum Gasteiger partial charge on any atom is 0.324 e. The number of likely N-dealkylation sites (N-methyl/N-ethyl adjacent to an activating group) is 2. The van der Waals surface area contributed by atoms with E-state index in [4.69, 9.17) is 24.2 Å². The minimum atomic E-state index is -2.31. The number of hydrogen-bond donors (Lipinski definition) is 2. The number of nitrogens with zero attached hydrogens (tertiary/aromatic N) is 8. The Kier molecular flexibility index (Phi) is 15.3. The highest BCUT2D eigenvalue weighted by Gasteiger charge is 2.47. The molecule has 3 saturated heterocycles. The number of carbonyl (C=O) groups is 5. The quantitative estimate of drug-likeness (QED) is 0.154. The molecule has 3 aromatic heterocycles. The molecule has 8 heterocycles. The van der Waals surface area contributed by atoms with Gasteiger partial charge >= 0.3 is 5.97 Å². The van der Waals surface area contributed by atoms with Crippen LogP contribution in [0.25, 0.3) is 33.4 Å². The first-order valence-electron chi connectivity index (χ1n) is 25.9. The summed E-state index contributed by atoms with van der Waals surface area (Å²) < 4.78 is 37.5. The van der Waals surface area contributed by atoms with E-state index in [0.717, 1.165) is 81.8 Å². The van der Waals surface area contributed by atoms with Crippen molar-refractivity contribution in [3.8, 4) is 28.3 Å². The van der Waals surface area contributed by atoms with Gasteiger partial charge in [0.25, 0.3) is 11.8 Å². The second-order valence-electron chi connectivity index (χ2n) is 21.7. The number of pyridine rings is 1. The van der Waals surface area contributed by atoms with Gasteiger partial charge < -0.3 is 43.7 Å². The predicted molar refractivity (Wildman–Crippen MR) is 280 cm³/mol. The van der Waals surface area contributed by atoms with Gasteiger partial charge in [0.2, 0.25) is 11.8 Å². The summed E-state index contributed by atoms with van der Waals surface area (Å²) in [6.45, 7) is 18.2. The van der Waals surface area contributed by atoms with Crippen molar-refractivity contribution in [2.75, 3.05) is 85.1 Å². The molecule has 4 atom stereocenters. The summed E-state index contributed by atoms with van der Waals surface area (Å²) in [5.74, 6) is -2.65. The molecule has 5 aliphatic rings.